The molecule has 1 saturated heterocycles. The third kappa shape index (κ3) is 2.89. The van der Waals surface area contributed by atoms with Crippen LogP contribution in [0.5, 0.6) is 5.75 Å². The van der Waals surface area contributed by atoms with E-state index in [1.165, 1.54) is 12.3 Å². The van der Waals surface area contributed by atoms with Crippen LogP contribution in [0.2, 0.25) is 0 Å². The van der Waals surface area contributed by atoms with E-state index < -0.39 is 0 Å². The van der Waals surface area contributed by atoms with Crippen LogP contribution < -0.4 is 4.74 Å². The van der Waals surface area contributed by atoms with Gasteiger partial charge < -0.3 is 9.64 Å². The molecule has 3 aromatic heterocycles. The fourth-order valence-electron chi connectivity index (χ4n) is 3.46. The van der Waals surface area contributed by atoms with Crippen LogP contribution in [0, 0.1) is 5.82 Å². The average molecular weight is 354 g/mol. The van der Waals surface area contributed by atoms with Gasteiger partial charge in [0.25, 0.3) is 5.91 Å². The van der Waals surface area contributed by atoms with Crippen molar-refractivity contribution in [3.8, 4) is 5.75 Å². The number of methoxy groups -OCH3 is 1. The fraction of sp³-hybridized carbons (Fsp3) is 0.316. The molecule has 134 valence electrons. The zero-order chi connectivity index (χ0) is 18.1. The van der Waals surface area contributed by atoms with Gasteiger partial charge in [-0.15, -0.1) is 0 Å². The number of carbonyl (C=O) groups excluding carboxylic acids is 1. The van der Waals surface area contributed by atoms with Gasteiger partial charge in [0.15, 0.2) is 0 Å². The lowest BCUT2D eigenvalue weighted by atomic mass is 9.98. The molecule has 0 aliphatic carbocycles. The highest BCUT2D eigenvalue weighted by atomic mass is 19.1. The Kier molecular flexibility index (Phi) is 4.28. The van der Waals surface area contributed by atoms with E-state index in [1.807, 2.05) is 4.90 Å². The summed E-state index contributed by atoms with van der Waals surface area (Å²) in [5.41, 5.74) is 1.87. The molecule has 1 aliphatic heterocycles. The van der Waals surface area contributed by atoms with Gasteiger partial charge in [0.2, 0.25) is 0 Å². The van der Waals surface area contributed by atoms with Crippen LogP contribution in [0.3, 0.4) is 0 Å². The van der Waals surface area contributed by atoms with Crippen LogP contribution in [0.1, 0.15) is 41.5 Å². The Balaban J connectivity index is 1.68. The van der Waals surface area contributed by atoms with E-state index in [0.717, 1.165) is 25.0 Å². The van der Waals surface area contributed by atoms with Crippen molar-refractivity contribution in [3.05, 3.63) is 60.1 Å². The molecule has 0 saturated carbocycles. The van der Waals surface area contributed by atoms with Crippen LogP contribution in [-0.4, -0.2) is 38.8 Å². The van der Waals surface area contributed by atoms with E-state index in [4.69, 9.17) is 4.74 Å². The summed E-state index contributed by atoms with van der Waals surface area (Å²) in [4.78, 5) is 23.5. The molecular weight excluding hydrogens is 335 g/mol. The van der Waals surface area contributed by atoms with E-state index in [-0.39, 0.29) is 17.8 Å². The molecule has 0 radical (unpaired) electrons. The Bertz CT molecular complexity index is 938. The van der Waals surface area contributed by atoms with Crippen LogP contribution in [0.15, 0.2) is 42.9 Å². The first-order valence-corrected chi connectivity index (χ1v) is 8.61. The van der Waals surface area contributed by atoms with E-state index in [9.17, 15) is 9.18 Å². The zero-order valence-electron chi connectivity index (χ0n) is 14.4. The van der Waals surface area contributed by atoms with Crippen LogP contribution in [0.25, 0.3) is 5.65 Å². The molecule has 0 N–H and O–H groups in total. The Morgan fingerprint density at radius 1 is 1.23 bits per heavy atom. The molecule has 1 unspecified atom stereocenters. The molecule has 0 spiro atoms. The number of rotatable bonds is 3. The molecule has 26 heavy (non-hydrogen) atoms. The zero-order valence-corrected chi connectivity index (χ0v) is 14.4. The standard InChI is InChI=1S/C19H19FN4O2/c1-26-14-7-9-23-17(12-22-18(23)10-14)19(25)24-8-3-2-4-16(24)15-6-5-13(20)11-21-15/h5-7,9-12,16H,2-4,8H2,1H3. The number of nitrogens with zero attached hydrogens (tertiary/aromatic N) is 4. The second-order valence-corrected chi connectivity index (χ2v) is 6.35. The van der Waals surface area contributed by atoms with Gasteiger partial charge in [-0.25, -0.2) is 9.37 Å². The number of aromatic nitrogens is 3. The van der Waals surface area contributed by atoms with Gasteiger partial charge in [0.05, 0.1) is 31.2 Å². The number of likely N-dealkylation sites (tertiary alicyclic amines) is 1. The third-order valence-electron chi connectivity index (χ3n) is 4.79. The lowest BCUT2D eigenvalue weighted by Gasteiger charge is -2.35. The Morgan fingerprint density at radius 2 is 2.12 bits per heavy atom. The lowest BCUT2D eigenvalue weighted by Crippen LogP contribution is -2.39. The van der Waals surface area contributed by atoms with Gasteiger partial charge in [0.1, 0.15) is 22.9 Å². The summed E-state index contributed by atoms with van der Waals surface area (Å²) < 4.78 is 20.2. The Hall–Kier alpha value is -2.96. The third-order valence-corrected chi connectivity index (χ3v) is 4.79. The number of hydrogen-bond acceptors (Lipinski definition) is 4. The topological polar surface area (TPSA) is 59.7 Å². The second kappa shape index (κ2) is 6.74. The maximum absolute atomic E-state index is 13.2. The van der Waals surface area contributed by atoms with Crippen molar-refractivity contribution >= 4 is 11.6 Å². The first-order chi connectivity index (χ1) is 12.7. The molecule has 1 atom stereocenters. The SMILES string of the molecule is COc1ccn2c(C(=O)N3CCCCC3c3ccc(F)cn3)cnc2c1. The van der Waals surface area contributed by atoms with Crippen molar-refractivity contribution in [3.63, 3.8) is 0 Å². The molecule has 4 rings (SSSR count). The molecule has 0 bridgehead atoms. The number of piperidine rings is 1. The van der Waals surface area contributed by atoms with Crippen LogP contribution in [-0.2, 0) is 0 Å². The number of hydrogen-bond donors (Lipinski definition) is 0. The number of halogens is 1. The van der Waals surface area contributed by atoms with Crippen molar-refractivity contribution < 1.29 is 13.9 Å². The fourth-order valence-corrected chi connectivity index (χ4v) is 3.46. The molecule has 1 fully saturated rings. The molecule has 1 amide bonds. The van der Waals surface area contributed by atoms with E-state index in [0.29, 0.717) is 23.6 Å². The molecule has 0 aromatic carbocycles. The number of pyridine rings is 2. The number of amides is 1. The highest BCUT2D eigenvalue weighted by Gasteiger charge is 2.31. The lowest BCUT2D eigenvalue weighted by molar-refractivity contribution is 0.0598. The minimum absolute atomic E-state index is 0.0986. The highest BCUT2D eigenvalue weighted by Crippen LogP contribution is 2.31. The van der Waals surface area contributed by atoms with Gasteiger partial charge in [-0.3, -0.25) is 14.2 Å². The summed E-state index contributed by atoms with van der Waals surface area (Å²) in [6.45, 7) is 0.645. The Labute approximate surface area is 150 Å². The minimum atomic E-state index is -0.377. The van der Waals surface area contributed by atoms with E-state index in [1.54, 1.807) is 42.1 Å². The molecule has 6 nitrogen and oxygen atoms in total. The smallest absolute Gasteiger partial charge is 0.273 e. The van der Waals surface area contributed by atoms with Crippen molar-refractivity contribution in [2.75, 3.05) is 13.7 Å². The van der Waals surface area contributed by atoms with Crippen LogP contribution >= 0.6 is 0 Å². The molecule has 3 aromatic rings. The highest BCUT2D eigenvalue weighted by molar-refractivity contribution is 5.93. The average Bonchev–Trinajstić information content (AvgIpc) is 3.11. The maximum atomic E-state index is 13.2. The minimum Gasteiger partial charge on any atom is -0.497 e. The van der Waals surface area contributed by atoms with Crippen LogP contribution in [0.4, 0.5) is 4.39 Å². The quantitative estimate of drug-likeness (QED) is 0.724. The second-order valence-electron chi connectivity index (χ2n) is 6.35. The first-order valence-electron chi connectivity index (χ1n) is 8.61. The summed E-state index contributed by atoms with van der Waals surface area (Å²) in [5.74, 6) is 0.213. The monoisotopic (exact) mass is 354 g/mol. The number of imidazole rings is 1. The van der Waals surface area contributed by atoms with Gasteiger partial charge in [0, 0.05) is 18.8 Å². The predicted molar refractivity (Wildman–Crippen MR) is 93.6 cm³/mol. The van der Waals surface area contributed by atoms with Gasteiger partial charge >= 0.3 is 0 Å². The summed E-state index contributed by atoms with van der Waals surface area (Å²) >= 11 is 0. The molecule has 7 heteroatoms. The molecule has 1 aliphatic rings. The van der Waals surface area contributed by atoms with Crippen molar-refractivity contribution in [1.82, 2.24) is 19.3 Å². The van der Waals surface area contributed by atoms with Crippen molar-refractivity contribution in [2.24, 2.45) is 0 Å². The number of carbonyl (C=O) groups is 1. The van der Waals surface area contributed by atoms with E-state index >= 15 is 0 Å². The number of fused-ring (bicyclic) bond motifs is 1. The van der Waals surface area contributed by atoms with Gasteiger partial charge in [-0.05, 0) is 37.5 Å². The summed E-state index contributed by atoms with van der Waals surface area (Å²) in [7, 11) is 1.59. The Morgan fingerprint density at radius 3 is 2.88 bits per heavy atom. The normalized spacial score (nSPS) is 17.5. The predicted octanol–water partition coefficient (Wildman–Crippen LogP) is 3.24. The van der Waals surface area contributed by atoms with Gasteiger partial charge in [-0.2, -0.15) is 0 Å². The maximum Gasteiger partial charge on any atom is 0.273 e. The summed E-state index contributed by atoms with van der Waals surface area (Å²) in [6, 6.07) is 6.47. The molecule has 4 heterocycles. The summed E-state index contributed by atoms with van der Waals surface area (Å²) in [6.07, 6.45) is 7.33. The van der Waals surface area contributed by atoms with Gasteiger partial charge in [-0.1, -0.05) is 0 Å². The van der Waals surface area contributed by atoms with E-state index in [2.05, 4.69) is 9.97 Å². The molecular formula is C19H19FN4O2. The summed E-state index contributed by atoms with van der Waals surface area (Å²) in [5, 5.41) is 0. The largest absolute Gasteiger partial charge is 0.497 e. The number of ether oxygens (including phenoxy) is 1. The first kappa shape index (κ1) is 16.5. The van der Waals surface area contributed by atoms with Crippen molar-refractivity contribution in [1.29, 1.82) is 0 Å². The van der Waals surface area contributed by atoms with Crippen molar-refractivity contribution in [2.45, 2.75) is 25.3 Å².